The minimum atomic E-state index is 0.631. The molecule has 66 valence electrons. The molecule has 13 heavy (non-hydrogen) atoms. The van der Waals surface area contributed by atoms with Crippen LogP contribution in [0, 0.1) is 0 Å². The molecule has 2 rings (SSSR count). The Kier molecular flexibility index (Phi) is 2.22. The molecule has 2 heterocycles. The molecule has 0 unspecified atom stereocenters. The maximum atomic E-state index is 5.14. The first-order valence-electron chi connectivity index (χ1n) is 3.97. The Bertz CT molecular complexity index is 344. The van der Waals surface area contributed by atoms with E-state index in [1.54, 1.807) is 24.9 Å². The van der Waals surface area contributed by atoms with Crippen LogP contribution in [0.5, 0.6) is 0 Å². The molecular weight excluding hydrogens is 166 g/mol. The molecule has 0 radical (unpaired) electrons. The first-order chi connectivity index (χ1) is 6.45. The summed E-state index contributed by atoms with van der Waals surface area (Å²) >= 11 is 0. The molecule has 0 atom stereocenters. The number of aromatic nitrogens is 2. The first-order valence-corrected chi connectivity index (χ1v) is 3.97. The quantitative estimate of drug-likeness (QED) is 0.771. The highest BCUT2D eigenvalue weighted by atomic mass is 16.3. The van der Waals surface area contributed by atoms with Gasteiger partial charge in [-0.2, -0.15) is 0 Å². The maximum Gasteiger partial charge on any atom is 0.144 e. The van der Waals surface area contributed by atoms with Crippen molar-refractivity contribution in [1.82, 2.24) is 9.97 Å². The fraction of sp³-hybridized carbons (Fsp3) is 0.111. The van der Waals surface area contributed by atoms with Crippen molar-refractivity contribution in [2.24, 2.45) is 0 Å². The number of furan rings is 1. The predicted molar refractivity (Wildman–Crippen MR) is 48.1 cm³/mol. The van der Waals surface area contributed by atoms with Gasteiger partial charge in [0.05, 0.1) is 19.0 Å². The van der Waals surface area contributed by atoms with Crippen LogP contribution in [0.1, 0.15) is 5.76 Å². The number of hydrogen-bond acceptors (Lipinski definition) is 4. The van der Waals surface area contributed by atoms with Crippen molar-refractivity contribution in [2.75, 3.05) is 5.32 Å². The number of anilines is 1. The van der Waals surface area contributed by atoms with Crippen molar-refractivity contribution in [2.45, 2.75) is 6.54 Å². The Labute approximate surface area is 75.6 Å². The lowest BCUT2D eigenvalue weighted by atomic mass is 10.4. The third kappa shape index (κ3) is 2.05. The Morgan fingerprint density at radius 1 is 1.38 bits per heavy atom. The van der Waals surface area contributed by atoms with E-state index in [0.717, 1.165) is 11.6 Å². The van der Waals surface area contributed by atoms with E-state index in [9.17, 15) is 0 Å². The van der Waals surface area contributed by atoms with Crippen LogP contribution in [-0.4, -0.2) is 9.97 Å². The number of nitrogens with one attached hydrogen (secondary N) is 1. The van der Waals surface area contributed by atoms with Gasteiger partial charge in [0.15, 0.2) is 0 Å². The van der Waals surface area contributed by atoms with E-state index >= 15 is 0 Å². The molecule has 0 aliphatic carbocycles. The monoisotopic (exact) mass is 175 g/mol. The van der Waals surface area contributed by atoms with Crippen molar-refractivity contribution in [3.05, 3.63) is 42.7 Å². The van der Waals surface area contributed by atoms with Crippen LogP contribution in [0.15, 0.2) is 41.4 Å². The lowest BCUT2D eigenvalue weighted by Crippen LogP contribution is -1.99. The van der Waals surface area contributed by atoms with Gasteiger partial charge >= 0.3 is 0 Å². The zero-order valence-electron chi connectivity index (χ0n) is 6.97. The Balaban J connectivity index is 1.94. The van der Waals surface area contributed by atoms with Crippen LogP contribution in [0.2, 0.25) is 0 Å². The average Bonchev–Trinajstić information content (AvgIpc) is 2.69. The van der Waals surface area contributed by atoms with Crippen LogP contribution >= 0.6 is 0 Å². The fourth-order valence-corrected chi connectivity index (χ4v) is 0.981. The Morgan fingerprint density at radius 3 is 3.08 bits per heavy atom. The van der Waals surface area contributed by atoms with Gasteiger partial charge in [-0.3, -0.25) is 4.98 Å². The Morgan fingerprint density at radius 2 is 2.38 bits per heavy atom. The van der Waals surface area contributed by atoms with Gasteiger partial charge in [0.25, 0.3) is 0 Å². The lowest BCUT2D eigenvalue weighted by Gasteiger charge is -2.00. The van der Waals surface area contributed by atoms with E-state index in [1.165, 1.54) is 0 Å². The van der Waals surface area contributed by atoms with Crippen LogP contribution in [0.3, 0.4) is 0 Å². The normalized spacial score (nSPS) is 9.85. The van der Waals surface area contributed by atoms with Crippen LogP contribution in [0.25, 0.3) is 0 Å². The second-order valence-electron chi connectivity index (χ2n) is 2.52. The summed E-state index contributed by atoms with van der Waals surface area (Å²) in [7, 11) is 0. The van der Waals surface area contributed by atoms with E-state index < -0.39 is 0 Å². The van der Waals surface area contributed by atoms with Crippen LogP contribution in [-0.2, 0) is 6.54 Å². The molecular formula is C9H9N3O. The highest BCUT2D eigenvalue weighted by Gasteiger charge is 1.95. The molecule has 0 saturated carbocycles. The third-order valence-electron chi connectivity index (χ3n) is 1.59. The molecule has 0 bridgehead atoms. The van der Waals surface area contributed by atoms with E-state index in [4.69, 9.17) is 4.42 Å². The topological polar surface area (TPSA) is 51.0 Å². The summed E-state index contributed by atoms with van der Waals surface area (Å²) in [5.74, 6) is 1.63. The molecule has 4 nitrogen and oxygen atoms in total. The summed E-state index contributed by atoms with van der Waals surface area (Å²) in [6.07, 6.45) is 6.60. The first kappa shape index (κ1) is 7.79. The summed E-state index contributed by atoms with van der Waals surface area (Å²) in [6.45, 7) is 0.631. The third-order valence-corrected chi connectivity index (χ3v) is 1.59. The van der Waals surface area contributed by atoms with Gasteiger partial charge in [-0.25, -0.2) is 4.98 Å². The zero-order chi connectivity index (χ0) is 8.93. The minimum absolute atomic E-state index is 0.631. The second kappa shape index (κ2) is 3.71. The molecule has 0 spiro atoms. The highest BCUT2D eigenvalue weighted by molar-refractivity contribution is 5.30. The molecule has 4 heteroatoms. The van der Waals surface area contributed by atoms with Gasteiger partial charge < -0.3 is 9.73 Å². The molecule has 0 aliphatic rings. The van der Waals surface area contributed by atoms with Crippen LogP contribution < -0.4 is 5.32 Å². The van der Waals surface area contributed by atoms with Gasteiger partial charge in [0, 0.05) is 12.4 Å². The summed E-state index contributed by atoms with van der Waals surface area (Å²) in [4.78, 5) is 7.99. The fourth-order valence-electron chi connectivity index (χ4n) is 0.981. The molecule has 2 aromatic heterocycles. The molecule has 1 N–H and O–H groups in total. The van der Waals surface area contributed by atoms with Crippen LogP contribution in [0.4, 0.5) is 5.82 Å². The Hall–Kier alpha value is -1.84. The summed E-state index contributed by atoms with van der Waals surface area (Å²) in [6, 6.07) is 3.76. The SMILES string of the molecule is c1coc(CNc2cnccn2)c1. The van der Waals surface area contributed by atoms with Gasteiger partial charge in [0.1, 0.15) is 11.6 Å². The highest BCUT2D eigenvalue weighted by Crippen LogP contribution is 2.03. The second-order valence-corrected chi connectivity index (χ2v) is 2.52. The standard InChI is InChI=1S/C9H9N3O/c1-2-8(13-5-1)6-12-9-7-10-3-4-11-9/h1-5,7H,6H2,(H,11,12). The summed E-state index contributed by atoms with van der Waals surface area (Å²) in [5.41, 5.74) is 0. The molecule has 0 aromatic carbocycles. The minimum Gasteiger partial charge on any atom is -0.467 e. The summed E-state index contributed by atoms with van der Waals surface area (Å²) < 4.78 is 5.14. The van der Waals surface area contributed by atoms with E-state index in [0.29, 0.717) is 6.54 Å². The van der Waals surface area contributed by atoms with Crippen molar-refractivity contribution in [3.8, 4) is 0 Å². The maximum absolute atomic E-state index is 5.14. The van der Waals surface area contributed by atoms with E-state index in [1.807, 2.05) is 12.1 Å². The van der Waals surface area contributed by atoms with Crippen molar-refractivity contribution in [3.63, 3.8) is 0 Å². The molecule has 2 aromatic rings. The van der Waals surface area contributed by atoms with Crippen molar-refractivity contribution in [1.29, 1.82) is 0 Å². The largest absolute Gasteiger partial charge is 0.467 e. The van der Waals surface area contributed by atoms with E-state index in [2.05, 4.69) is 15.3 Å². The average molecular weight is 175 g/mol. The van der Waals surface area contributed by atoms with Gasteiger partial charge in [-0.05, 0) is 12.1 Å². The molecule has 0 saturated heterocycles. The molecule has 0 amide bonds. The summed E-state index contributed by atoms with van der Waals surface area (Å²) in [5, 5.41) is 3.08. The lowest BCUT2D eigenvalue weighted by molar-refractivity contribution is 0.518. The van der Waals surface area contributed by atoms with Crippen molar-refractivity contribution >= 4 is 5.82 Å². The smallest absolute Gasteiger partial charge is 0.144 e. The zero-order valence-corrected chi connectivity index (χ0v) is 6.97. The number of hydrogen-bond donors (Lipinski definition) is 1. The van der Waals surface area contributed by atoms with Gasteiger partial charge in [-0.15, -0.1) is 0 Å². The predicted octanol–water partition coefficient (Wildman–Crippen LogP) is 1.68. The van der Waals surface area contributed by atoms with Crippen molar-refractivity contribution < 1.29 is 4.42 Å². The molecule has 0 fully saturated rings. The van der Waals surface area contributed by atoms with Gasteiger partial charge in [0.2, 0.25) is 0 Å². The number of rotatable bonds is 3. The molecule has 0 aliphatic heterocycles. The van der Waals surface area contributed by atoms with Gasteiger partial charge in [-0.1, -0.05) is 0 Å². The van der Waals surface area contributed by atoms with E-state index in [-0.39, 0.29) is 0 Å². The number of nitrogens with zero attached hydrogens (tertiary/aromatic N) is 2.